The van der Waals surface area contributed by atoms with E-state index in [4.69, 9.17) is 37.9 Å². The van der Waals surface area contributed by atoms with Crippen LogP contribution >= 0.6 is 0 Å². The molecule has 0 saturated heterocycles. The Balaban J connectivity index is 0.00000112. The Morgan fingerprint density at radius 3 is 1.88 bits per heavy atom. The molecular weight excluding hydrogens is 661 g/mol. The third-order valence-electron chi connectivity index (χ3n) is 8.04. The van der Waals surface area contributed by atoms with Crippen molar-refractivity contribution in [1.82, 2.24) is 15.5 Å². The number of carbonyl (C=O) groups is 5. The molecule has 17 heteroatoms. The number of hydrogen-bond donors (Lipinski definition) is 8. The summed E-state index contributed by atoms with van der Waals surface area (Å²) in [7, 11) is 3.12. The molecule has 1 aliphatic carbocycles. The summed E-state index contributed by atoms with van der Waals surface area (Å²) in [4.78, 5) is 63.2. The summed E-state index contributed by atoms with van der Waals surface area (Å²) >= 11 is 0. The number of amidine groups is 2. The molecule has 1 saturated carbocycles. The Morgan fingerprint density at radius 2 is 1.40 bits per heavy atom. The third kappa shape index (κ3) is 12.5. The summed E-state index contributed by atoms with van der Waals surface area (Å²) in [6.45, 7) is 0. The number of carboxylic acids is 1. The maximum absolute atomic E-state index is 13.7. The fourth-order valence-electron chi connectivity index (χ4n) is 5.36. The number of primary amides is 1. The molecule has 0 radical (unpaired) electrons. The number of benzene rings is 2. The van der Waals surface area contributed by atoms with Gasteiger partial charge < -0.3 is 37.8 Å². The second-order valence-corrected chi connectivity index (χ2v) is 12.1. The Bertz CT molecular complexity index is 1560. The average Bonchev–Trinajstić information content (AvgIpc) is 3.05. The molecule has 3 atom stereocenters. The van der Waals surface area contributed by atoms with Crippen LogP contribution in [0.25, 0.3) is 0 Å². The molecule has 3 rings (SSSR count). The topological polar surface area (TPSA) is 259 Å². The molecule has 0 heterocycles. The van der Waals surface area contributed by atoms with Crippen LogP contribution in [0, 0.1) is 22.7 Å². The fraction of sp³-hybridized carbons (Fsp3) is 0.424. The van der Waals surface area contributed by atoms with Gasteiger partial charge in [0, 0.05) is 31.6 Å². The minimum absolute atomic E-state index is 0.0749. The summed E-state index contributed by atoms with van der Waals surface area (Å²) in [6, 6.07) is 11.5. The zero-order chi connectivity index (χ0) is 37.8. The summed E-state index contributed by atoms with van der Waals surface area (Å²) in [5, 5.41) is 28.0. The number of nitrogens with zero attached hydrogens (tertiary/aromatic N) is 1. The number of carbonyl (C=O) groups excluding carboxylic acids is 4. The molecule has 1 aliphatic rings. The summed E-state index contributed by atoms with van der Waals surface area (Å²) in [6.07, 6.45) is -0.707. The minimum Gasteiger partial charge on any atom is -0.475 e. The first-order valence-corrected chi connectivity index (χ1v) is 15.6. The first kappa shape index (κ1) is 40.7. The summed E-state index contributed by atoms with van der Waals surface area (Å²) in [5.74, 6) is -6.58. The van der Waals surface area contributed by atoms with E-state index in [-0.39, 0.29) is 30.4 Å². The van der Waals surface area contributed by atoms with Gasteiger partial charge in [0.1, 0.15) is 29.7 Å². The van der Waals surface area contributed by atoms with E-state index >= 15 is 0 Å². The molecule has 0 bridgehead atoms. The van der Waals surface area contributed by atoms with Crippen LogP contribution in [-0.2, 0) is 36.8 Å². The van der Waals surface area contributed by atoms with Crippen LogP contribution in [0.4, 0.5) is 13.2 Å². The molecule has 4 amide bonds. The molecule has 2 aromatic carbocycles. The monoisotopic (exact) mass is 704 g/mol. The van der Waals surface area contributed by atoms with Crippen LogP contribution < -0.4 is 27.8 Å². The number of carboxylic acid groups (broad SMARTS) is 1. The van der Waals surface area contributed by atoms with Crippen molar-refractivity contribution >= 4 is 41.3 Å². The SMILES string of the molecule is CN(C)C(=O)C(Cc1ccc(C(=N)N)cc1)C(=O)NC(C(=O)N[C@@H](Cc1cccc(C(=N)N)c1)C(N)=O)C1CCCCC1.O=C(O)C(F)(F)F. The van der Waals surface area contributed by atoms with Gasteiger partial charge in [0.2, 0.25) is 23.6 Å². The predicted molar refractivity (Wildman–Crippen MR) is 178 cm³/mol. The maximum atomic E-state index is 13.7. The number of alkyl halides is 3. The van der Waals surface area contributed by atoms with E-state index in [1.807, 2.05) is 0 Å². The molecule has 272 valence electrons. The quantitative estimate of drug-likeness (QED) is 0.0857. The second-order valence-electron chi connectivity index (χ2n) is 12.1. The van der Waals surface area contributed by atoms with Gasteiger partial charge in [-0.3, -0.25) is 30.0 Å². The van der Waals surface area contributed by atoms with Crippen LogP contribution in [-0.4, -0.2) is 83.6 Å². The van der Waals surface area contributed by atoms with Gasteiger partial charge in [-0.2, -0.15) is 13.2 Å². The van der Waals surface area contributed by atoms with Gasteiger partial charge in [0.15, 0.2) is 0 Å². The van der Waals surface area contributed by atoms with Gasteiger partial charge in [0.25, 0.3) is 0 Å². The van der Waals surface area contributed by atoms with Gasteiger partial charge >= 0.3 is 12.1 Å². The van der Waals surface area contributed by atoms with Gasteiger partial charge in [0.05, 0.1) is 0 Å². The molecule has 2 unspecified atom stereocenters. The lowest BCUT2D eigenvalue weighted by molar-refractivity contribution is -0.192. The van der Waals surface area contributed by atoms with Gasteiger partial charge in [-0.25, -0.2) is 4.79 Å². The van der Waals surface area contributed by atoms with E-state index < -0.39 is 53.8 Å². The highest BCUT2D eigenvalue weighted by Gasteiger charge is 2.38. The molecular formula is C33H43F3N8O6. The number of nitrogens with two attached hydrogens (primary N) is 3. The first-order valence-electron chi connectivity index (χ1n) is 15.6. The van der Waals surface area contributed by atoms with Gasteiger partial charge in [-0.05, 0) is 42.4 Å². The van der Waals surface area contributed by atoms with Crippen molar-refractivity contribution in [1.29, 1.82) is 10.8 Å². The molecule has 11 N–H and O–H groups in total. The Morgan fingerprint density at radius 1 is 0.840 bits per heavy atom. The number of amides is 4. The van der Waals surface area contributed by atoms with Crippen molar-refractivity contribution < 1.29 is 42.3 Å². The first-order chi connectivity index (χ1) is 23.3. The smallest absolute Gasteiger partial charge is 0.475 e. The maximum Gasteiger partial charge on any atom is 0.490 e. The van der Waals surface area contributed by atoms with Crippen molar-refractivity contribution in [3.05, 3.63) is 70.8 Å². The third-order valence-corrected chi connectivity index (χ3v) is 8.04. The highest BCUT2D eigenvalue weighted by Crippen LogP contribution is 2.27. The summed E-state index contributed by atoms with van der Waals surface area (Å²) in [5.41, 5.74) is 19.2. The van der Waals surface area contributed by atoms with Crippen molar-refractivity contribution in [3.63, 3.8) is 0 Å². The normalized spacial score (nSPS) is 14.8. The van der Waals surface area contributed by atoms with Crippen LogP contribution in [0.2, 0.25) is 0 Å². The lowest BCUT2D eigenvalue weighted by atomic mass is 9.83. The Kier molecular flexibility index (Phi) is 14.9. The predicted octanol–water partition coefficient (Wildman–Crippen LogP) is 1.41. The second kappa shape index (κ2) is 18.3. The van der Waals surface area contributed by atoms with E-state index in [0.717, 1.165) is 19.3 Å². The van der Waals surface area contributed by atoms with E-state index in [1.165, 1.54) is 4.90 Å². The fourth-order valence-corrected chi connectivity index (χ4v) is 5.36. The van der Waals surface area contributed by atoms with Crippen LogP contribution in [0.15, 0.2) is 48.5 Å². The Labute approximate surface area is 287 Å². The van der Waals surface area contributed by atoms with E-state index in [0.29, 0.717) is 35.1 Å². The number of halogens is 3. The highest BCUT2D eigenvalue weighted by molar-refractivity contribution is 6.02. The number of nitrogens with one attached hydrogen (secondary N) is 4. The van der Waals surface area contributed by atoms with Gasteiger partial charge in [-0.1, -0.05) is 61.7 Å². The molecule has 1 fully saturated rings. The van der Waals surface area contributed by atoms with E-state index in [1.54, 1.807) is 62.6 Å². The lowest BCUT2D eigenvalue weighted by Crippen LogP contribution is -2.58. The zero-order valence-electron chi connectivity index (χ0n) is 27.7. The number of nitrogen functional groups attached to an aromatic ring is 2. The van der Waals surface area contributed by atoms with Crippen molar-refractivity contribution in [2.75, 3.05) is 14.1 Å². The molecule has 0 aromatic heterocycles. The number of rotatable bonds is 13. The number of hydrogen-bond acceptors (Lipinski definition) is 7. The standard InChI is InChI=1S/C31H42N8O4.C2HF3O2/c1-39(2)31(43)23(16-18-11-13-21(14-12-18)26(32)33)29(41)38-25(20-8-4-3-5-9-20)30(42)37-24(28(36)40)17-19-7-6-10-22(15-19)27(34)35;3-2(4,5)1(6)7/h6-7,10-15,20,23-25H,3-5,8-9,16-17H2,1-2H3,(H3,32,33)(H3,34,35)(H2,36,40)(H,37,42)(H,38,41);(H,6,7)/t23?,24-,25?;/m0./s1. The molecule has 2 aromatic rings. The minimum atomic E-state index is -5.08. The van der Waals surface area contributed by atoms with E-state index in [9.17, 15) is 32.3 Å². The van der Waals surface area contributed by atoms with Crippen molar-refractivity contribution in [2.24, 2.45) is 29.0 Å². The molecule has 14 nitrogen and oxygen atoms in total. The van der Waals surface area contributed by atoms with Crippen LogP contribution in [0.5, 0.6) is 0 Å². The van der Waals surface area contributed by atoms with Crippen molar-refractivity contribution in [2.45, 2.75) is 63.2 Å². The van der Waals surface area contributed by atoms with Crippen LogP contribution in [0.1, 0.15) is 54.4 Å². The lowest BCUT2D eigenvalue weighted by Gasteiger charge is -2.32. The molecule has 0 aliphatic heterocycles. The average molecular weight is 705 g/mol. The largest absolute Gasteiger partial charge is 0.490 e. The van der Waals surface area contributed by atoms with Crippen molar-refractivity contribution in [3.8, 4) is 0 Å². The number of aliphatic carboxylic acids is 1. The van der Waals surface area contributed by atoms with Gasteiger partial charge in [-0.15, -0.1) is 0 Å². The van der Waals surface area contributed by atoms with Crippen LogP contribution in [0.3, 0.4) is 0 Å². The van der Waals surface area contributed by atoms with E-state index in [2.05, 4.69) is 10.6 Å². The highest BCUT2D eigenvalue weighted by atomic mass is 19.4. The zero-order valence-corrected chi connectivity index (χ0v) is 27.7. The molecule has 0 spiro atoms. The molecule has 50 heavy (non-hydrogen) atoms. The Hall–Kier alpha value is -5.48. The summed E-state index contributed by atoms with van der Waals surface area (Å²) < 4.78 is 31.7.